The van der Waals surface area contributed by atoms with E-state index in [1.807, 2.05) is 43.3 Å². The predicted octanol–water partition coefficient (Wildman–Crippen LogP) is 6.97. The van der Waals surface area contributed by atoms with Gasteiger partial charge in [0.1, 0.15) is 29.4 Å². The molecule has 1 amide bonds. The first kappa shape index (κ1) is 21.5. The minimum atomic E-state index is -0.297. The summed E-state index contributed by atoms with van der Waals surface area (Å²) in [6, 6.07) is 19.7. The number of carbonyl (C=O) groups excluding carboxylic acids is 1. The highest BCUT2D eigenvalue weighted by Crippen LogP contribution is 2.36. The molecule has 4 aromatic rings. The van der Waals surface area contributed by atoms with Gasteiger partial charge in [-0.2, -0.15) is 0 Å². The molecule has 0 fully saturated rings. The van der Waals surface area contributed by atoms with Crippen LogP contribution in [0, 0.1) is 0 Å². The van der Waals surface area contributed by atoms with Crippen molar-refractivity contribution in [1.29, 1.82) is 0 Å². The molecule has 0 spiro atoms. The Bertz CT molecular complexity index is 1270. The standard InChI is InChI=1S/C26H22ClNO4/c1-16(2)15-31-21-12-13-23-22(14-21)24(26(29)28-19-8-6-18(27)7-9-19)25(32-23)17-4-10-20(30-3)11-5-17/h4-14H,1,15H2,2-3H3,(H,28,29). The highest BCUT2D eigenvalue weighted by atomic mass is 35.5. The van der Waals surface area contributed by atoms with E-state index in [4.69, 9.17) is 25.5 Å². The summed E-state index contributed by atoms with van der Waals surface area (Å²) in [5.41, 5.74) is 3.29. The Labute approximate surface area is 191 Å². The molecule has 6 heteroatoms. The minimum absolute atomic E-state index is 0.297. The fourth-order valence-corrected chi connectivity index (χ4v) is 3.40. The van der Waals surface area contributed by atoms with E-state index in [1.54, 1.807) is 37.4 Å². The van der Waals surface area contributed by atoms with E-state index in [1.165, 1.54) is 0 Å². The zero-order valence-corrected chi connectivity index (χ0v) is 18.5. The van der Waals surface area contributed by atoms with Crippen molar-refractivity contribution in [1.82, 2.24) is 0 Å². The monoisotopic (exact) mass is 447 g/mol. The maximum Gasteiger partial charge on any atom is 0.260 e. The van der Waals surface area contributed by atoms with Crippen LogP contribution in [-0.2, 0) is 0 Å². The molecule has 3 aromatic carbocycles. The number of methoxy groups -OCH3 is 1. The van der Waals surface area contributed by atoms with Gasteiger partial charge in [0.05, 0.1) is 12.7 Å². The van der Waals surface area contributed by atoms with Crippen molar-refractivity contribution in [2.75, 3.05) is 19.0 Å². The van der Waals surface area contributed by atoms with Gasteiger partial charge in [0.2, 0.25) is 0 Å². The molecule has 4 rings (SSSR count). The summed E-state index contributed by atoms with van der Waals surface area (Å²) in [5, 5.41) is 4.18. The fourth-order valence-electron chi connectivity index (χ4n) is 3.27. The van der Waals surface area contributed by atoms with Gasteiger partial charge in [-0.05, 0) is 79.2 Å². The van der Waals surface area contributed by atoms with Gasteiger partial charge in [-0.15, -0.1) is 0 Å². The van der Waals surface area contributed by atoms with Gasteiger partial charge in [0.15, 0.2) is 0 Å². The summed E-state index contributed by atoms with van der Waals surface area (Å²) in [5.74, 6) is 1.51. The summed E-state index contributed by atoms with van der Waals surface area (Å²) in [6.07, 6.45) is 0. The molecular weight excluding hydrogens is 426 g/mol. The smallest absolute Gasteiger partial charge is 0.260 e. The van der Waals surface area contributed by atoms with Crippen LogP contribution in [0.3, 0.4) is 0 Å². The van der Waals surface area contributed by atoms with Crippen LogP contribution in [-0.4, -0.2) is 19.6 Å². The Balaban J connectivity index is 1.80. The van der Waals surface area contributed by atoms with Crippen molar-refractivity contribution in [3.8, 4) is 22.8 Å². The lowest BCUT2D eigenvalue weighted by molar-refractivity contribution is 0.102. The third kappa shape index (κ3) is 4.63. The molecule has 0 unspecified atom stereocenters. The third-order valence-electron chi connectivity index (χ3n) is 4.83. The third-order valence-corrected chi connectivity index (χ3v) is 5.08. The second-order valence-electron chi connectivity index (χ2n) is 7.40. The second-order valence-corrected chi connectivity index (χ2v) is 7.84. The Morgan fingerprint density at radius 3 is 2.38 bits per heavy atom. The normalized spacial score (nSPS) is 10.7. The number of hydrogen-bond donors (Lipinski definition) is 1. The lowest BCUT2D eigenvalue weighted by atomic mass is 10.0. The molecule has 1 aromatic heterocycles. The van der Waals surface area contributed by atoms with E-state index >= 15 is 0 Å². The Kier molecular flexibility index (Phi) is 6.19. The highest BCUT2D eigenvalue weighted by Gasteiger charge is 2.23. The number of anilines is 1. The number of benzene rings is 3. The molecule has 0 aliphatic rings. The number of nitrogens with one attached hydrogen (secondary N) is 1. The number of fused-ring (bicyclic) bond motifs is 1. The van der Waals surface area contributed by atoms with E-state index in [0.29, 0.717) is 51.1 Å². The lowest BCUT2D eigenvalue weighted by Crippen LogP contribution is -2.12. The van der Waals surface area contributed by atoms with Gasteiger partial charge >= 0.3 is 0 Å². The zero-order chi connectivity index (χ0) is 22.7. The van der Waals surface area contributed by atoms with Crippen LogP contribution >= 0.6 is 11.6 Å². The SMILES string of the molecule is C=C(C)COc1ccc2oc(-c3ccc(OC)cc3)c(C(=O)Nc3ccc(Cl)cc3)c2c1. The van der Waals surface area contributed by atoms with Gasteiger partial charge in [-0.3, -0.25) is 4.79 Å². The molecule has 1 N–H and O–H groups in total. The van der Waals surface area contributed by atoms with Crippen molar-refractivity contribution in [2.24, 2.45) is 0 Å². The molecule has 5 nitrogen and oxygen atoms in total. The molecule has 0 aliphatic heterocycles. The molecular formula is C26H22ClNO4. The summed E-state index contributed by atoms with van der Waals surface area (Å²) in [4.78, 5) is 13.4. The molecule has 0 saturated heterocycles. The van der Waals surface area contributed by atoms with E-state index in [2.05, 4.69) is 11.9 Å². The molecule has 0 radical (unpaired) electrons. The molecule has 0 atom stereocenters. The zero-order valence-electron chi connectivity index (χ0n) is 17.8. The largest absolute Gasteiger partial charge is 0.497 e. The van der Waals surface area contributed by atoms with Crippen LogP contribution < -0.4 is 14.8 Å². The van der Waals surface area contributed by atoms with Crippen molar-refractivity contribution < 1.29 is 18.7 Å². The molecule has 1 heterocycles. The number of hydrogen-bond acceptors (Lipinski definition) is 4. The number of ether oxygens (including phenoxy) is 2. The Hall–Kier alpha value is -3.70. The first-order chi connectivity index (χ1) is 15.4. The van der Waals surface area contributed by atoms with Gasteiger partial charge in [-0.1, -0.05) is 18.2 Å². The number of rotatable bonds is 7. The van der Waals surface area contributed by atoms with Gasteiger partial charge < -0.3 is 19.2 Å². The van der Waals surface area contributed by atoms with Crippen LogP contribution in [0.4, 0.5) is 5.69 Å². The molecule has 32 heavy (non-hydrogen) atoms. The van der Waals surface area contributed by atoms with E-state index in [9.17, 15) is 4.79 Å². The average molecular weight is 448 g/mol. The van der Waals surface area contributed by atoms with Crippen LogP contribution in [0.1, 0.15) is 17.3 Å². The number of amides is 1. The minimum Gasteiger partial charge on any atom is -0.497 e. The van der Waals surface area contributed by atoms with Crippen molar-refractivity contribution in [3.63, 3.8) is 0 Å². The molecule has 162 valence electrons. The first-order valence-electron chi connectivity index (χ1n) is 9.99. The van der Waals surface area contributed by atoms with E-state index in [0.717, 1.165) is 11.1 Å². The number of halogens is 1. The summed E-state index contributed by atoms with van der Waals surface area (Å²) in [7, 11) is 1.60. The van der Waals surface area contributed by atoms with Crippen molar-refractivity contribution >= 4 is 34.2 Å². The predicted molar refractivity (Wildman–Crippen MR) is 128 cm³/mol. The maximum absolute atomic E-state index is 13.4. The van der Waals surface area contributed by atoms with Crippen molar-refractivity contribution in [2.45, 2.75) is 6.92 Å². The molecule has 0 aliphatic carbocycles. The highest BCUT2D eigenvalue weighted by molar-refractivity contribution is 6.30. The molecule has 0 saturated carbocycles. The molecule has 0 bridgehead atoms. The topological polar surface area (TPSA) is 60.7 Å². The van der Waals surface area contributed by atoms with Gasteiger partial charge in [0.25, 0.3) is 5.91 Å². The fraction of sp³-hybridized carbons (Fsp3) is 0.115. The quantitative estimate of drug-likeness (QED) is 0.311. The van der Waals surface area contributed by atoms with Crippen LogP contribution in [0.15, 0.2) is 83.3 Å². The Morgan fingerprint density at radius 1 is 1.03 bits per heavy atom. The summed E-state index contributed by atoms with van der Waals surface area (Å²) in [6.45, 7) is 6.14. The summed E-state index contributed by atoms with van der Waals surface area (Å²) >= 11 is 5.97. The van der Waals surface area contributed by atoms with E-state index in [-0.39, 0.29) is 5.91 Å². The number of furan rings is 1. The average Bonchev–Trinajstić information content (AvgIpc) is 3.18. The van der Waals surface area contributed by atoms with Crippen LogP contribution in [0.25, 0.3) is 22.3 Å². The van der Waals surface area contributed by atoms with Gasteiger partial charge in [-0.25, -0.2) is 0 Å². The van der Waals surface area contributed by atoms with Crippen LogP contribution in [0.5, 0.6) is 11.5 Å². The maximum atomic E-state index is 13.4. The van der Waals surface area contributed by atoms with Gasteiger partial charge in [0, 0.05) is 21.7 Å². The first-order valence-corrected chi connectivity index (χ1v) is 10.4. The Morgan fingerprint density at radius 2 is 1.72 bits per heavy atom. The lowest BCUT2D eigenvalue weighted by Gasteiger charge is -2.08. The second kappa shape index (κ2) is 9.20. The van der Waals surface area contributed by atoms with E-state index < -0.39 is 0 Å². The summed E-state index contributed by atoms with van der Waals surface area (Å²) < 4.78 is 17.2. The number of carbonyl (C=O) groups is 1. The van der Waals surface area contributed by atoms with Crippen molar-refractivity contribution in [3.05, 3.63) is 89.5 Å². The van der Waals surface area contributed by atoms with Crippen LogP contribution in [0.2, 0.25) is 5.02 Å².